The van der Waals surface area contributed by atoms with Gasteiger partial charge in [-0.25, -0.2) is 4.79 Å². The number of carbonyl (C=O) groups is 1. The second-order valence-electron chi connectivity index (χ2n) is 6.36. The number of likely N-dealkylation sites (tertiary alicyclic amines) is 1. The van der Waals surface area contributed by atoms with E-state index in [9.17, 15) is 9.59 Å². The van der Waals surface area contributed by atoms with Gasteiger partial charge < -0.3 is 15.1 Å². The van der Waals surface area contributed by atoms with Gasteiger partial charge in [0, 0.05) is 24.5 Å². The molecule has 1 amide bonds. The molecule has 1 aliphatic heterocycles. The Morgan fingerprint density at radius 2 is 2.05 bits per heavy atom. The minimum Gasteiger partial charge on any atom is -0.422 e. The Morgan fingerprint density at radius 3 is 2.86 bits per heavy atom. The largest absolute Gasteiger partial charge is 0.422 e. The van der Waals surface area contributed by atoms with Crippen LogP contribution in [0.15, 0.2) is 39.5 Å². The fourth-order valence-electron chi connectivity index (χ4n) is 3.85. The van der Waals surface area contributed by atoms with Gasteiger partial charge in [0.25, 0.3) is 5.91 Å². The summed E-state index contributed by atoms with van der Waals surface area (Å²) in [4.78, 5) is 26.5. The van der Waals surface area contributed by atoms with Gasteiger partial charge in [-0.05, 0) is 36.8 Å². The second kappa shape index (κ2) is 4.95. The van der Waals surface area contributed by atoms with E-state index in [1.54, 1.807) is 23.1 Å². The smallest absolute Gasteiger partial charge is 0.349 e. The van der Waals surface area contributed by atoms with Gasteiger partial charge in [-0.2, -0.15) is 0 Å². The summed E-state index contributed by atoms with van der Waals surface area (Å²) in [5.41, 5.74) is 6.16. The van der Waals surface area contributed by atoms with Gasteiger partial charge in [0.15, 0.2) is 0 Å². The zero-order valence-corrected chi connectivity index (χ0v) is 12.2. The van der Waals surface area contributed by atoms with Crippen molar-refractivity contribution in [2.24, 2.45) is 17.6 Å². The summed E-state index contributed by atoms with van der Waals surface area (Å²) in [5.74, 6) is 0.615. The summed E-state index contributed by atoms with van der Waals surface area (Å²) in [6.45, 7) is 1.35. The standard InChI is InChI=1S/C17H18N2O3/c18-14-6-5-11-8-19(9-13(11)14)16(20)12-7-10-3-1-2-4-15(10)22-17(12)21/h1-4,7,11,13-14H,5-6,8-9,18H2. The predicted molar refractivity (Wildman–Crippen MR) is 82.6 cm³/mol. The average molecular weight is 298 g/mol. The van der Waals surface area contributed by atoms with E-state index in [0.29, 0.717) is 30.5 Å². The molecule has 0 bridgehead atoms. The molecular formula is C17H18N2O3. The van der Waals surface area contributed by atoms with Crippen molar-refractivity contribution in [1.82, 2.24) is 4.90 Å². The van der Waals surface area contributed by atoms with Crippen LogP contribution in [0, 0.1) is 11.8 Å². The summed E-state index contributed by atoms with van der Waals surface area (Å²) in [6.07, 6.45) is 2.11. The van der Waals surface area contributed by atoms with E-state index >= 15 is 0 Å². The number of hydrogen-bond acceptors (Lipinski definition) is 4. The number of benzene rings is 1. The first kappa shape index (κ1) is 13.5. The van der Waals surface area contributed by atoms with Crippen molar-refractivity contribution >= 4 is 16.9 Å². The second-order valence-corrected chi connectivity index (χ2v) is 6.36. The number of fused-ring (bicyclic) bond motifs is 2. The van der Waals surface area contributed by atoms with Crippen LogP contribution in [0.4, 0.5) is 0 Å². The molecule has 4 rings (SSSR count). The van der Waals surface area contributed by atoms with Crippen LogP contribution in [0.3, 0.4) is 0 Å². The first-order valence-corrected chi connectivity index (χ1v) is 7.71. The van der Waals surface area contributed by atoms with Crippen LogP contribution in [0.2, 0.25) is 0 Å². The van der Waals surface area contributed by atoms with E-state index in [1.165, 1.54) is 0 Å². The molecule has 5 nitrogen and oxygen atoms in total. The molecule has 2 N–H and O–H groups in total. The first-order chi connectivity index (χ1) is 10.6. The maximum absolute atomic E-state index is 12.7. The molecule has 1 aromatic carbocycles. The third-order valence-corrected chi connectivity index (χ3v) is 5.07. The zero-order valence-electron chi connectivity index (χ0n) is 12.2. The molecule has 2 fully saturated rings. The molecule has 2 aromatic rings. The molecule has 1 saturated carbocycles. The van der Waals surface area contributed by atoms with Gasteiger partial charge in [0.2, 0.25) is 0 Å². The SMILES string of the molecule is NC1CCC2CN(C(=O)c3cc4ccccc4oc3=O)CC12. The van der Waals surface area contributed by atoms with Crippen molar-refractivity contribution in [3.05, 3.63) is 46.3 Å². The van der Waals surface area contributed by atoms with Crippen molar-refractivity contribution in [3.8, 4) is 0 Å². The van der Waals surface area contributed by atoms with Crippen LogP contribution >= 0.6 is 0 Å². The van der Waals surface area contributed by atoms with Crippen LogP contribution < -0.4 is 11.4 Å². The lowest BCUT2D eigenvalue weighted by Crippen LogP contribution is -2.35. The lowest BCUT2D eigenvalue weighted by atomic mass is 9.98. The molecule has 3 atom stereocenters. The minimum atomic E-state index is -0.565. The molecule has 0 radical (unpaired) electrons. The Kier molecular flexibility index (Phi) is 3.04. The molecule has 1 saturated heterocycles. The Bertz CT molecular complexity index is 798. The molecule has 1 aromatic heterocycles. The van der Waals surface area contributed by atoms with Gasteiger partial charge in [-0.3, -0.25) is 4.79 Å². The van der Waals surface area contributed by atoms with Crippen LogP contribution in [0.1, 0.15) is 23.2 Å². The van der Waals surface area contributed by atoms with E-state index in [2.05, 4.69) is 0 Å². The fraction of sp³-hybridized carbons (Fsp3) is 0.412. The molecule has 2 aliphatic rings. The van der Waals surface area contributed by atoms with E-state index < -0.39 is 5.63 Å². The minimum absolute atomic E-state index is 0.118. The number of hydrogen-bond donors (Lipinski definition) is 1. The molecule has 1 aliphatic carbocycles. The van der Waals surface area contributed by atoms with Crippen molar-refractivity contribution in [2.75, 3.05) is 13.1 Å². The van der Waals surface area contributed by atoms with Crippen molar-refractivity contribution in [2.45, 2.75) is 18.9 Å². The summed E-state index contributed by atoms with van der Waals surface area (Å²) in [5, 5.41) is 0.765. The van der Waals surface area contributed by atoms with Gasteiger partial charge in [-0.15, -0.1) is 0 Å². The highest BCUT2D eigenvalue weighted by Gasteiger charge is 2.43. The molecule has 3 unspecified atom stereocenters. The van der Waals surface area contributed by atoms with Crippen LogP contribution in [-0.4, -0.2) is 29.9 Å². The summed E-state index contributed by atoms with van der Waals surface area (Å²) in [7, 11) is 0. The number of rotatable bonds is 1. The third kappa shape index (κ3) is 2.04. The molecule has 0 spiro atoms. The topological polar surface area (TPSA) is 76.5 Å². The van der Waals surface area contributed by atoms with Crippen LogP contribution in [0.25, 0.3) is 11.0 Å². The third-order valence-electron chi connectivity index (χ3n) is 5.07. The number of para-hydroxylation sites is 1. The normalized spacial score (nSPS) is 27.3. The van der Waals surface area contributed by atoms with E-state index in [-0.39, 0.29) is 17.5 Å². The van der Waals surface area contributed by atoms with Crippen molar-refractivity contribution in [1.29, 1.82) is 0 Å². The quantitative estimate of drug-likeness (QED) is 0.811. The number of carbonyl (C=O) groups excluding carboxylic acids is 1. The predicted octanol–water partition coefficient (Wildman–Crippen LogP) is 1.60. The Balaban J connectivity index is 1.66. The maximum atomic E-state index is 12.7. The lowest BCUT2D eigenvalue weighted by Gasteiger charge is -2.18. The van der Waals surface area contributed by atoms with Crippen molar-refractivity contribution < 1.29 is 9.21 Å². The molecule has 22 heavy (non-hydrogen) atoms. The highest BCUT2D eigenvalue weighted by atomic mass is 16.4. The molecule has 2 heterocycles. The maximum Gasteiger partial charge on any atom is 0.349 e. The summed E-state index contributed by atoms with van der Waals surface area (Å²) >= 11 is 0. The summed E-state index contributed by atoms with van der Waals surface area (Å²) in [6, 6.07) is 9.03. The van der Waals surface area contributed by atoms with Gasteiger partial charge >= 0.3 is 5.63 Å². The highest BCUT2D eigenvalue weighted by Crippen LogP contribution is 2.37. The summed E-state index contributed by atoms with van der Waals surface area (Å²) < 4.78 is 5.26. The number of amides is 1. The van der Waals surface area contributed by atoms with Crippen molar-refractivity contribution in [3.63, 3.8) is 0 Å². The Hall–Kier alpha value is -2.14. The highest BCUT2D eigenvalue weighted by molar-refractivity contribution is 5.96. The molecular weight excluding hydrogens is 280 g/mol. The van der Waals surface area contributed by atoms with Gasteiger partial charge in [0.1, 0.15) is 11.1 Å². The zero-order chi connectivity index (χ0) is 15.3. The Morgan fingerprint density at radius 1 is 1.23 bits per heavy atom. The van der Waals surface area contributed by atoms with Crippen LogP contribution in [0.5, 0.6) is 0 Å². The lowest BCUT2D eigenvalue weighted by molar-refractivity contribution is 0.0775. The van der Waals surface area contributed by atoms with E-state index in [1.807, 2.05) is 12.1 Å². The first-order valence-electron chi connectivity index (χ1n) is 7.71. The molecule has 5 heteroatoms. The van der Waals surface area contributed by atoms with Gasteiger partial charge in [-0.1, -0.05) is 18.2 Å². The van der Waals surface area contributed by atoms with Gasteiger partial charge in [0.05, 0.1) is 0 Å². The van der Waals surface area contributed by atoms with E-state index in [4.69, 9.17) is 10.2 Å². The van der Waals surface area contributed by atoms with Crippen LogP contribution in [-0.2, 0) is 0 Å². The average Bonchev–Trinajstić information content (AvgIpc) is 3.08. The number of nitrogens with zero attached hydrogens (tertiary/aromatic N) is 1. The monoisotopic (exact) mass is 298 g/mol. The molecule has 114 valence electrons. The van der Waals surface area contributed by atoms with E-state index in [0.717, 1.165) is 18.2 Å². The number of nitrogens with two attached hydrogens (primary N) is 1. The fourth-order valence-corrected chi connectivity index (χ4v) is 3.85. The Labute approximate surface area is 127 Å².